The molecule has 0 aromatic carbocycles. The average molecular weight is 342 g/mol. The number of rotatable bonds is 7. The summed E-state index contributed by atoms with van der Waals surface area (Å²) in [6, 6.07) is 0. The van der Waals surface area contributed by atoms with Gasteiger partial charge in [-0.1, -0.05) is 0 Å². The van der Waals surface area contributed by atoms with E-state index in [1.54, 1.807) is 0 Å². The molecule has 0 bridgehead atoms. The standard InChI is InChI=1S/C5H13O11P3/c6-4(7)2-1-3-5(17(8,9)10,18(11,12)13)19(14,15)16/h1-3H2,(H,6,7)(H2,8,9,10)(H2,11,12,13)(H2,14,15,16). The Labute approximate surface area is 106 Å². The third-order valence-electron chi connectivity index (χ3n) is 2.30. The summed E-state index contributed by atoms with van der Waals surface area (Å²) in [6.07, 6.45) is -2.82. The molecular weight excluding hydrogens is 329 g/mol. The van der Waals surface area contributed by atoms with Crippen molar-refractivity contribution >= 4 is 28.8 Å². The Bertz CT molecular complexity index is 424. The Kier molecular flexibility index (Phi) is 5.71. The highest BCUT2D eigenvalue weighted by Gasteiger charge is 2.71. The maximum absolute atomic E-state index is 11.2. The van der Waals surface area contributed by atoms with Gasteiger partial charge in [0.15, 0.2) is 0 Å². The first kappa shape index (κ1) is 18.9. The van der Waals surface area contributed by atoms with Gasteiger partial charge in [0.05, 0.1) is 0 Å². The first-order valence-corrected chi connectivity index (χ1v) is 9.39. The Hall–Kier alpha value is -0.0800. The summed E-state index contributed by atoms with van der Waals surface area (Å²) >= 11 is 0. The van der Waals surface area contributed by atoms with Gasteiger partial charge < -0.3 is 34.5 Å². The lowest BCUT2D eigenvalue weighted by atomic mass is 10.2. The molecule has 11 nitrogen and oxygen atoms in total. The molecule has 0 aromatic rings. The van der Waals surface area contributed by atoms with Crippen LogP contribution in [0, 0.1) is 0 Å². The van der Waals surface area contributed by atoms with Crippen molar-refractivity contribution in [3.63, 3.8) is 0 Å². The molecule has 0 aromatic heterocycles. The van der Waals surface area contributed by atoms with Crippen LogP contribution in [0.1, 0.15) is 19.3 Å². The van der Waals surface area contributed by atoms with E-state index in [9.17, 15) is 18.5 Å². The van der Waals surface area contributed by atoms with E-state index in [1.165, 1.54) is 0 Å². The van der Waals surface area contributed by atoms with Crippen LogP contribution in [0.25, 0.3) is 0 Å². The molecule has 0 unspecified atom stereocenters. The Morgan fingerprint density at radius 1 is 0.842 bits per heavy atom. The largest absolute Gasteiger partial charge is 0.481 e. The molecule has 14 heteroatoms. The molecule has 7 N–H and O–H groups in total. The van der Waals surface area contributed by atoms with Gasteiger partial charge in [-0.3, -0.25) is 18.5 Å². The lowest BCUT2D eigenvalue weighted by molar-refractivity contribution is -0.137. The molecule has 0 spiro atoms. The molecule has 0 atom stereocenters. The van der Waals surface area contributed by atoms with Gasteiger partial charge in [0.2, 0.25) is 0 Å². The van der Waals surface area contributed by atoms with E-state index < -0.39 is 52.7 Å². The van der Waals surface area contributed by atoms with Crippen molar-refractivity contribution in [2.75, 3.05) is 0 Å². The predicted molar refractivity (Wildman–Crippen MR) is 60.4 cm³/mol. The number of carbonyl (C=O) groups is 1. The molecule has 114 valence electrons. The first-order chi connectivity index (χ1) is 8.17. The van der Waals surface area contributed by atoms with Crippen molar-refractivity contribution in [3.05, 3.63) is 0 Å². The number of carboxylic acid groups (broad SMARTS) is 1. The molecule has 0 aliphatic rings. The second-order valence-electron chi connectivity index (χ2n) is 3.65. The zero-order valence-corrected chi connectivity index (χ0v) is 11.9. The van der Waals surface area contributed by atoms with E-state index in [4.69, 9.17) is 34.5 Å². The average Bonchev–Trinajstić information content (AvgIpc) is 2.04. The topological polar surface area (TPSA) is 210 Å². The van der Waals surface area contributed by atoms with Gasteiger partial charge in [-0.25, -0.2) is 0 Å². The van der Waals surface area contributed by atoms with E-state index in [2.05, 4.69) is 0 Å². The zero-order valence-electron chi connectivity index (χ0n) is 9.23. The monoisotopic (exact) mass is 342 g/mol. The van der Waals surface area contributed by atoms with Crippen LogP contribution >= 0.6 is 22.8 Å². The number of hydrogen-bond donors (Lipinski definition) is 7. The van der Waals surface area contributed by atoms with Gasteiger partial charge >= 0.3 is 28.8 Å². The second-order valence-corrected chi connectivity index (χ2v) is 10.3. The van der Waals surface area contributed by atoms with Gasteiger partial charge in [-0.2, -0.15) is 0 Å². The minimum Gasteiger partial charge on any atom is -0.481 e. The zero-order chi connectivity index (χ0) is 15.7. The summed E-state index contributed by atoms with van der Waals surface area (Å²) in [5.41, 5.74) is 0. The lowest BCUT2D eigenvalue weighted by Crippen LogP contribution is -2.29. The van der Waals surface area contributed by atoms with E-state index in [1.807, 2.05) is 0 Å². The van der Waals surface area contributed by atoms with Crippen molar-refractivity contribution in [1.82, 2.24) is 0 Å². The van der Waals surface area contributed by atoms with E-state index in [0.717, 1.165) is 0 Å². The molecule has 0 saturated carbocycles. The van der Waals surface area contributed by atoms with Crippen LogP contribution in [0.4, 0.5) is 0 Å². The van der Waals surface area contributed by atoms with Gasteiger partial charge in [-0.15, -0.1) is 0 Å². The number of carboxylic acids is 1. The highest BCUT2D eigenvalue weighted by atomic mass is 31.3. The summed E-state index contributed by atoms with van der Waals surface area (Å²) in [7, 11) is -17.8. The summed E-state index contributed by atoms with van der Waals surface area (Å²) in [5.74, 6) is -1.45. The van der Waals surface area contributed by atoms with Gasteiger partial charge in [0, 0.05) is 6.42 Å². The Morgan fingerprint density at radius 3 is 1.37 bits per heavy atom. The van der Waals surface area contributed by atoms with Gasteiger partial charge in [0.1, 0.15) is 0 Å². The molecule has 0 amide bonds. The van der Waals surface area contributed by atoms with Gasteiger partial charge in [-0.05, 0) is 12.8 Å². The quantitative estimate of drug-likeness (QED) is 0.291. The van der Waals surface area contributed by atoms with Crippen LogP contribution in [0.15, 0.2) is 0 Å². The second kappa shape index (κ2) is 5.73. The van der Waals surface area contributed by atoms with Crippen LogP contribution in [-0.2, 0) is 18.5 Å². The number of aliphatic carboxylic acids is 1. The SMILES string of the molecule is O=C(O)CCCC(P(=O)(O)O)(P(=O)(O)O)P(=O)(O)O. The molecule has 0 aliphatic carbocycles. The lowest BCUT2D eigenvalue weighted by Gasteiger charge is -2.34. The Balaban J connectivity index is 5.84. The normalized spacial score (nSPS) is 14.4. The first-order valence-electron chi connectivity index (χ1n) is 4.55. The maximum atomic E-state index is 11.2. The number of hydrogen-bond acceptors (Lipinski definition) is 4. The minimum atomic E-state index is -5.93. The fourth-order valence-electron chi connectivity index (χ4n) is 1.42. The summed E-state index contributed by atoms with van der Waals surface area (Å²) < 4.78 is 29.6. The Morgan fingerprint density at radius 2 is 1.16 bits per heavy atom. The molecule has 0 radical (unpaired) electrons. The molecule has 0 fully saturated rings. The van der Waals surface area contributed by atoms with Gasteiger partial charge in [0.25, 0.3) is 4.64 Å². The fourth-order valence-corrected chi connectivity index (χ4v) is 6.84. The molecule has 0 rings (SSSR count). The molecule has 19 heavy (non-hydrogen) atoms. The molecule has 0 saturated heterocycles. The highest BCUT2D eigenvalue weighted by Crippen LogP contribution is 2.84. The summed E-state index contributed by atoms with van der Waals surface area (Å²) in [5, 5.41) is 8.34. The highest BCUT2D eigenvalue weighted by molar-refractivity contribution is 7.88. The van der Waals surface area contributed by atoms with Crippen molar-refractivity contribution in [2.45, 2.75) is 23.9 Å². The van der Waals surface area contributed by atoms with Crippen LogP contribution in [0.2, 0.25) is 0 Å². The van der Waals surface area contributed by atoms with Crippen LogP contribution < -0.4 is 0 Å². The maximum Gasteiger partial charge on any atom is 0.356 e. The minimum absolute atomic E-state index is 0.726. The van der Waals surface area contributed by atoms with E-state index in [0.29, 0.717) is 0 Å². The van der Waals surface area contributed by atoms with Crippen molar-refractivity contribution in [3.8, 4) is 0 Å². The van der Waals surface area contributed by atoms with Crippen molar-refractivity contribution in [1.29, 1.82) is 0 Å². The van der Waals surface area contributed by atoms with Crippen LogP contribution in [0.3, 0.4) is 0 Å². The summed E-state index contributed by atoms with van der Waals surface area (Å²) in [4.78, 5) is 63.9. The third kappa shape index (κ3) is 3.95. The van der Waals surface area contributed by atoms with Crippen molar-refractivity contribution in [2.24, 2.45) is 0 Å². The predicted octanol–water partition coefficient (Wildman–Crippen LogP) is -0.572. The summed E-state index contributed by atoms with van der Waals surface area (Å²) in [6.45, 7) is 0. The molecule has 0 heterocycles. The smallest absolute Gasteiger partial charge is 0.356 e. The molecule has 0 aliphatic heterocycles. The van der Waals surface area contributed by atoms with Crippen LogP contribution in [-0.4, -0.2) is 45.1 Å². The third-order valence-corrected chi connectivity index (χ3v) is 10.5. The molecular formula is C5H13O11P3. The van der Waals surface area contributed by atoms with E-state index in [-0.39, 0.29) is 0 Å². The van der Waals surface area contributed by atoms with Crippen molar-refractivity contribution < 1.29 is 53.0 Å². The fraction of sp³-hybridized carbons (Fsp3) is 0.800. The van der Waals surface area contributed by atoms with E-state index >= 15 is 0 Å². The van der Waals surface area contributed by atoms with Crippen LogP contribution in [0.5, 0.6) is 0 Å².